The Morgan fingerprint density at radius 1 is 0.840 bits per heavy atom. The Kier molecular flexibility index (Phi) is 5.82. The van der Waals surface area contributed by atoms with E-state index >= 15 is 0 Å². The molecule has 0 aromatic heterocycles. The van der Waals surface area contributed by atoms with E-state index in [1.54, 1.807) is 0 Å². The topological polar surface area (TPSA) is 99.3 Å². The lowest BCUT2D eigenvalue weighted by atomic mass is 10.0. The van der Waals surface area contributed by atoms with E-state index in [0.717, 1.165) is 18.8 Å². The lowest BCUT2D eigenvalue weighted by Crippen LogP contribution is -2.21. The maximum absolute atomic E-state index is 9.23. The van der Waals surface area contributed by atoms with Crippen LogP contribution in [0.1, 0.15) is 30.5 Å². The van der Waals surface area contributed by atoms with Gasteiger partial charge >= 0.3 is 0 Å². The van der Waals surface area contributed by atoms with Crippen molar-refractivity contribution in [2.45, 2.75) is 13.8 Å². The van der Waals surface area contributed by atoms with E-state index in [2.05, 4.69) is 29.0 Å². The van der Waals surface area contributed by atoms with Crippen LogP contribution >= 0.6 is 0 Å². The van der Waals surface area contributed by atoms with Gasteiger partial charge in [0.2, 0.25) is 0 Å². The summed E-state index contributed by atoms with van der Waals surface area (Å²) in [6.07, 6.45) is 0. The summed E-state index contributed by atoms with van der Waals surface area (Å²) < 4.78 is 0. The summed E-state index contributed by atoms with van der Waals surface area (Å²) in [6.45, 7) is 6.02. The molecule has 6 heteroatoms. The van der Waals surface area contributed by atoms with Crippen molar-refractivity contribution in [1.29, 1.82) is 15.8 Å². The third kappa shape index (κ3) is 3.99. The summed E-state index contributed by atoms with van der Waals surface area (Å²) >= 11 is 0. The van der Waals surface area contributed by atoms with E-state index in [0.29, 0.717) is 5.69 Å². The van der Waals surface area contributed by atoms with Gasteiger partial charge in [0.05, 0.1) is 28.4 Å². The summed E-state index contributed by atoms with van der Waals surface area (Å²) in [4.78, 5) is 2.21. The zero-order valence-electron chi connectivity index (χ0n) is 14.1. The molecule has 25 heavy (non-hydrogen) atoms. The van der Waals surface area contributed by atoms with E-state index in [9.17, 15) is 10.5 Å². The molecule has 0 amide bonds. The molecule has 2 rings (SSSR count). The Hall–Kier alpha value is -3.69. The second-order valence-corrected chi connectivity index (χ2v) is 5.14. The molecule has 0 bridgehead atoms. The molecule has 0 unspecified atom stereocenters. The first kappa shape index (κ1) is 17.7. The van der Waals surface area contributed by atoms with Gasteiger partial charge in [0.1, 0.15) is 17.8 Å². The molecular formula is C19H16N6. The standard InChI is InChI=1S/C19H16N6/c1-3-25(4-2)18-7-5-17(6-8-18)23-24-19-15(12-21)9-14(11-20)10-16(19)13-22/h5-10H,3-4H2,1-2H3. The van der Waals surface area contributed by atoms with Gasteiger partial charge < -0.3 is 4.90 Å². The van der Waals surface area contributed by atoms with Crippen LogP contribution in [-0.2, 0) is 0 Å². The lowest BCUT2D eigenvalue weighted by Gasteiger charge is -2.20. The average molecular weight is 328 g/mol. The first-order valence-electron chi connectivity index (χ1n) is 7.81. The largest absolute Gasteiger partial charge is 0.372 e. The monoisotopic (exact) mass is 328 g/mol. The summed E-state index contributed by atoms with van der Waals surface area (Å²) in [7, 11) is 0. The maximum atomic E-state index is 9.23. The van der Waals surface area contributed by atoms with Crippen LogP contribution in [0.4, 0.5) is 17.1 Å². The molecular weight excluding hydrogens is 312 g/mol. The van der Waals surface area contributed by atoms with Crippen molar-refractivity contribution < 1.29 is 0 Å². The smallest absolute Gasteiger partial charge is 0.121 e. The van der Waals surface area contributed by atoms with Crippen LogP contribution < -0.4 is 4.90 Å². The molecule has 0 N–H and O–H groups in total. The Morgan fingerprint density at radius 2 is 1.40 bits per heavy atom. The highest BCUT2D eigenvalue weighted by Crippen LogP contribution is 2.28. The molecule has 0 atom stereocenters. The van der Waals surface area contributed by atoms with Crippen molar-refractivity contribution in [3.05, 3.63) is 53.1 Å². The molecule has 0 spiro atoms. The number of nitrogens with zero attached hydrogens (tertiary/aromatic N) is 6. The van der Waals surface area contributed by atoms with Gasteiger partial charge in [-0.15, -0.1) is 5.11 Å². The van der Waals surface area contributed by atoms with Crippen LogP contribution in [0.15, 0.2) is 46.6 Å². The fourth-order valence-corrected chi connectivity index (χ4v) is 2.40. The molecule has 122 valence electrons. The molecule has 0 fully saturated rings. The van der Waals surface area contributed by atoms with Gasteiger partial charge in [-0.1, -0.05) is 0 Å². The van der Waals surface area contributed by atoms with Gasteiger partial charge in [-0.05, 0) is 50.2 Å². The normalized spacial score (nSPS) is 10.0. The Labute approximate surface area is 146 Å². The molecule has 0 aliphatic heterocycles. The van der Waals surface area contributed by atoms with Gasteiger partial charge in [0.25, 0.3) is 0 Å². The Balaban J connectivity index is 2.36. The molecule has 0 heterocycles. The molecule has 0 saturated carbocycles. The van der Waals surface area contributed by atoms with Crippen molar-refractivity contribution in [3.63, 3.8) is 0 Å². The minimum atomic E-state index is 0.152. The molecule has 0 aliphatic rings. The summed E-state index contributed by atoms with van der Waals surface area (Å²) in [6, 6.07) is 16.2. The van der Waals surface area contributed by atoms with Crippen LogP contribution in [0.5, 0.6) is 0 Å². The number of rotatable bonds is 5. The van der Waals surface area contributed by atoms with Gasteiger partial charge in [0, 0.05) is 18.8 Å². The summed E-state index contributed by atoms with van der Waals surface area (Å²) in [5.41, 5.74) is 2.44. The van der Waals surface area contributed by atoms with Crippen molar-refractivity contribution in [1.82, 2.24) is 0 Å². The van der Waals surface area contributed by atoms with E-state index < -0.39 is 0 Å². The molecule has 0 saturated heterocycles. The van der Waals surface area contributed by atoms with Gasteiger partial charge in [0.15, 0.2) is 0 Å². The number of nitriles is 3. The number of hydrogen-bond donors (Lipinski definition) is 0. The molecule has 0 radical (unpaired) electrons. The SMILES string of the molecule is CCN(CC)c1ccc(N=Nc2c(C#N)cc(C#N)cc2C#N)cc1. The fraction of sp³-hybridized carbons (Fsp3) is 0.211. The predicted molar refractivity (Wildman–Crippen MR) is 94.8 cm³/mol. The zero-order chi connectivity index (χ0) is 18.2. The average Bonchev–Trinajstić information content (AvgIpc) is 2.67. The first-order chi connectivity index (χ1) is 12.2. The first-order valence-corrected chi connectivity index (χ1v) is 7.81. The van der Waals surface area contributed by atoms with Crippen LogP contribution in [0, 0.1) is 34.0 Å². The Morgan fingerprint density at radius 3 is 1.84 bits per heavy atom. The maximum Gasteiger partial charge on any atom is 0.121 e. The van der Waals surface area contributed by atoms with Crippen molar-refractivity contribution in [2.75, 3.05) is 18.0 Å². The lowest BCUT2D eigenvalue weighted by molar-refractivity contribution is 0.866. The minimum absolute atomic E-state index is 0.152. The van der Waals surface area contributed by atoms with Crippen molar-refractivity contribution in [3.8, 4) is 18.2 Å². The second kappa shape index (κ2) is 8.24. The van der Waals surface area contributed by atoms with Crippen molar-refractivity contribution in [2.24, 2.45) is 10.2 Å². The number of benzene rings is 2. The summed E-state index contributed by atoms with van der Waals surface area (Å²) in [5, 5.41) is 35.6. The number of hydrogen-bond acceptors (Lipinski definition) is 6. The van der Waals surface area contributed by atoms with E-state index in [1.165, 1.54) is 12.1 Å². The number of anilines is 1. The highest BCUT2D eigenvalue weighted by molar-refractivity contribution is 5.66. The Bertz CT molecular complexity index is 868. The predicted octanol–water partition coefficient (Wildman–Crippen LogP) is 4.56. The zero-order valence-corrected chi connectivity index (χ0v) is 14.1. The van der Waals surface area contributed by atoms with Crippen molar-refractivity contribution >= 4 is 17.1 Å². The van der Waals surface area contributed by atoms with Crippen LogP contribution in [0.2, 0.25) is 0 Å². The highest BCUT2D eigenvalue weighted by atomic mass is 15.1. The van der Waals surface area contributed by atoms with Gasteiger partial charge in [-0.2, -0.15) is 20.9 Å². The fourth-order valence-electron chi connectivity index (χ4n) is 2.40. The van der Waals surface area contributed by atoms with Crippen LogP contribution in [-0.4, -0.2) is 13.1 Å². The quantitative estimate of drug-likeness (QED) is 0.751. The second-order valence-electron chi connectivity index (χ2n) is 5.14. The highest BCUT2D eigenvalue weighted by Gasteiger charge is 2.11. The van der Waals surface area contributed by atoms with Crippen LogP contribution in [0.3, 0.4) is 0 Å². The van der Waals surface area contributed by atoms with E-state index in [-0.39, 0.29) is 22.4 Å². The molecule has 0 aliphatic carbocycles. The summed E-state index contributed by atoms with van der Waals surface area (Å²) in [5.74, 6) is 0. The third-order valence-corrected chi connectivity index (χ3v) is 3.72. The van der Waals surface area contributed by atoms with Gasteiger partial charge in [-0.25, -0.2) is 0 Å². The third-order valence-electron chi connectivity index (χ3n) is 3.72. The van der Waals surface area contributed by atoms with Crippen LogP contribution in [0.25, 0.3) is 0 Å². The van der Waals surface area contributed by atoms with Gasteiger partial charge in [-0.3, -0.25) is 0 Å². The minimum Gasteiger partial charge on any atom is -0.372 e. The number of azo groups is 1. The van der Waals surface area contributed by atoms with E-state index in [1.807, 2.05) is 42.5 Å². The van der Waals surface area contributed by atoms with E-state index in [4.69, 9.17) is 5.26 Å². The molecule has 2 aromatic carbocycles. The molecule has 2 aromatic rings. The molecule has 6 nitrogen and oxygen atoms in total.